The Balaban J connectivity index is 1.74. The number of aliphatic carboxylic acids is 2. The van der Waals surface area contributed by atoms with Crippen molar-refractivity contribution in [3.05, 3.63) is 89.7 Å². The van der Waals surface area contributed by atoms with Crippen LogP contribution in [0.5, 0.6) is 0 Å². The van der Waals surface area contributed by atoms with Gasteiger partial charge in [0.05, 0.1) is 12.1 Å². The van der Waals surface area contributed by atoms with Crippen LogP contribution in [0.4, 0.5) is 16.2 Å². The number of carboxylic acids is 2. The number of urea groups is 1. The Kier molecular flexibility index (Phi) is 23.6. The van der Waals surface area contributed by atoms with E-state index in [9.17, 15) is 48.3 Å². The summed E-state index contributed by atoms with van der Waals surface area (Å²) in [5.74, 6) is -7.16. The zero-order valence-corrected chi connectivity index (χ0v) is 38.9. The first-order valence-electron chi connectivity index (χ1n) is 22.9. The third kappa shape index (κ3) is 20.9. The molecule has 5 amide bonds. The number of carboxylic acid groups (broad SMARTS) is 2. The molecule has 67 heavy (non-hydrogen) atoms. The second kappa shape index (κ2) is 29.0. The normalized spacial score (nSPS) is 13.1. The maximum absolute atomic E-state index is 14.1. The first-order chi connectivity index (χ1) is 31.9. The molecule has 1 heterocycles. The molecule has 0 radical (unpaired) electrons. The molecule has 5 atom stereocenters. The molecule has 17 heteroatoms. The number of amides is 5. The number of ketones is 3. The highest BCUT2D eigenvalue weighted by Gasteiger charge is 2.34. The number of carbonyl (C=O) groups is 9. The first-order valence-corrected chi connectivity index (χ1v) is 22.9. The van der Waals surface area contributed by atoms with Gasteiger partial charge in [0.25, 0.3) is 0 Å². The Morgan fingerprint density at radius 3 is 2.04 bits per heavy atom. The summed E-state index contributed by atoms with van der Waals surface area (Å²) in [5.41, 5.74) is 3.59. The molecule has 0 aliphatic heterocycles. The van der Waals surface area contributed by atoms with E-state index in [0.29, 0.717) is 49.2 Å². The van der Waals surface area contributed by atoms with E-state index in [4.69, 9.17) is 5.11 Å². The van der Waals surface area contributed by atoms with E-state index in [1.54, 1.807) is 55.7 Å². The minimum absolute atomic E-state index is 0.0445. The summed E-state index contributed by atoms with van der Waals surface area (Å²) < 4.78 is 0. The predicted octanol–water partition coefficient (Wildman–Crippen LogP) is 6.37. The fourth-order valence-electron chi connectivity index (χ4n) is 7.42. The van der Waals surface area contributed by atoms with Crippen LogP contribution in [0.15, 0.2) is 73.1 Å². The minimum Gasteiger partial charge on any atom is -0.481 e. The Morgan fingerprint density at radius 2 is 1.40 bits per heavy atom. The van der Waals surface area contributed by atoms with Crippen molar-refractivity contribution in [2.24, 2.45) is 17.8 Å². The summed E-state index contributed by atoms with van der Waals surface area (Å²) in [4.78, 5) is 120. The molecule has 1 aromatic heterocycles. The summed E-state index contributed by atoms with van der Waals surface area (Å²) in [6.45, 7) is 7.05. The molecule has 0 saturated heterocycles. The van der Waals surface area contributed by atoms with Gasteiger partial charge in [-0.3, -0.25) is 43.3 Å². The molecule has 17 nitrogen and oxygen atoms in total. The summed E-state index contributed by atoms with van der Waals surface area (Å²) in [7, 11) is 0. The molecule has 3 aromatic rings. The number of para-hydroxylation sites is 1. The largest absolute Gasteiger partial charge is 0.481 e. The van der Waals surface area contributed by atoms with Crippen LogP contribution in [-0.4, -0.2) is 86.9 Å². The number of pyridine rings is 1. The number of hydrogen-bond acceptors (Lipinski definition) is 10. The molecule has 7 N–H and O–H groups in total. The van der Waals surface area contributed by atoms with Gasteiger partial charge in [0.2, 0.25) is 17.7 Å². The molecule has 0 fully saturated rings. The predicted molar refractivity (Wildman–Crippen MR) is 252 cm³/mol. The van der Waals surface area contributed by atoms with Crippen molar-refractivity contribution >= 4 is 64.4 Å². The van der Waals surface area contributed by atoms with Crippen molar-refractivity contribution in [3.8, 4) is 0 Å². The van der Waals surface area contributed by atoms with Crippen LogP contribution in [0.3, 0.4) is 0 Å². The van der Waals surface area contributed by atoms with Crippen LogP contribution in [0.25, 0.3) is 0 Å². The number of benzene rings is 2. The summed E-state index contributed by atoms with van der Waals surface area (Å²) in [6.07, 6.45) is 4.33. The van der Waals surface area contributed by atoms with Gasteiger partial charge in [-0.15, -0.1) is 0 Å². The van der Waals surface area contributed by atoms with Crippen LogP contribution in [0, 0.1) is 24.7 Å². The van der Waals surface area contributed by atoms with Crippen molar-refractivity contribution in [2.45, 2.75) is 130 Å². The molecule has 3 rings (SSSR count). The molecule has 0 spiro atoms. The molecule has 0 aliphatic carbocycles. The van der Waals surface area contributed by atoms with E-state index >= 15 is 0 Å². The van der Waals surface area contributed by atoms with Crippen molar-refractivity contribution in [1.29, 1.82) is 0 Å². The van der Waals surface area contributed by atoms with Gasteiger partial charge >= 0.3 is 18.0 Å². The van der Waals surface area contributed by atoms with Gasteiger partial charge in [-0.25, -0.2) is 4.79 Å². The molecule has 0 saturated carbocycles. The number of carbonyl (C=O) groups excluding carboxylic acids is 7. The van der Waals surface area contributed by atoms with E-state index in [1.807, 2.05) is 38.1 Å². The Bertz CT molecular complexity index is 2150. The van der Waals surface area contributed by atoms with E-state index in [1.165, 1.54) is 6.92 Å². The number of anilines is 2. The summed E-state index contributed by atoms with van der Waals surface area (Å²) in [6, 6.07) is 15.0. The lowest BCUT2D eigenvalue weighted by Gasteiger charge is -2.27. The van der Waals surface area contributed by atoms with E-state index < -0.39 is 65.9 Å². The van der Waals surface area contributed by atoms with E-state index in [-0.39, 0.29) is 81.2 Å². The lowest BCUT2D eigenvalue weighted by molar-refractivity contribution is -0.139. The molecular weight excluding hydrogens is 861 g/mol. The standard InChI is InChI=1S/C50H66N6O11/c1-5-32(2)40(49(66)54-42(34(4)57)16-10-17-46(61)62)30-44(59)43(23-25-47(63)64)55-48(65)37(14-8-9-27-52-45(60)24-20-36-13-11-26-51-31-36)29-39(58)28-35-18-21-38(22-19-35)53-50(67)56-41-15-7-6-12-33(41)3/h6-7,11-13,15,18-19,21-22,26,31-32,37,40,42-43H,5,8-10,14,16-17,20,23-25,27-30H2,1-4H3,(H,52,60)(H,54,66)(H,55,65)(H,61,62)(H,63,64)(H2,53,56,67)/t32?,37-,40+,42+,43+/m1/s1. The molecule has 2 aromatic carbocycles. The van der Waals surface area contributed by atoms with Gasteiger partial charge < -0.3 is 36.8 Å². The molecular formula is C50H66N6O11. The zero-order valence-electron chi connectivity index (χ0n) is 38.9. The Labute approximate surface area is 392 Å². The third-order valence-corrected chi connectivity index (χ3v) is 11.6. The average Bonchev–Trinajstić information content (AvgIpc) is 3.29. The van der Waals surface area contributed by atoms with Gasteiger partial charge in [-0.05, 0) is 99.2 Å². The number of Topliss-reactive ketones (excluding diaryl/α,β-unsaturated/α-hetero) is 3. The molecule has 362 valence electrons. The Hall–Kier alpha value is -6.78. The smallest absolute Gasteiger partial charge is 0.323 e. The van der Waals surface area contributed by atoms with Crippen LogP contribution in [-0.2, 0) is 51.2 Å². The zero-order chi connectivity index (χ0) is 49.3. The van der Waals surface area contributed by atoms with Gasteiger partial charge in [0, 0.05) is 80.7 Å². The number of nitrogens with zero attached hydrogens (tertiary/aromatic N) is 1. The summed E-state index contributed by atoms with van der Waals surface area (Å²) in [5, 5.41) is 32.4. The van der Waals surface area contributed by atoms with E-state index in [2.05, 4.69) is 31.6 Å². The quantitative estimate of drug-likeness (QED) is 0.0347. The number of unbranched alkanes of at least 4 members (excludes halogenated alkanes) is 1. The number of aromatic nitrogens is 1. The highest BCUT2D eigenvalue weighted by Crippen LogP contribution is 2.24. The number of hydrogen-bond donors (Lipinski definition) is 7. The number of rotatable bonds is 31. The van der Waals surface area contributed by atoms with Crippen LogP contribution in [0.1, 0.15) is 115 Å². The molecule has 1 unspecified atom stereocenters. The highest BCUT2D eigenvalue weighted by molar-refractivity contribution is 6.00. The van der Waals surface area contributed by atoms with Gasteiger partial charge in [-0.2, -0.15) is 0 Å². The number of aryl methyl sites for hydroxylation is 2. The van der Waals surface area contributed by atoms with Gasteiger partial charge in [0.1, 0.15) is 5.78 Å². The fourth-order valence-corrected chi connectivity index (χ4v) is 7.42. The average molecular weight is 927 g/mol. The Morgan fingerprint density at radius 1 is 0.701 bits per heavy atom. The second-order valence-electron chi connectivity index (χ2n) is 17.0. The second-order valence-corrected chi connectivity index (χ2v) is 17.0. The summed E-state index contributed by atoms with van der Waals surface area (Å²) >= 11 is 0. The van der Waals surface area contributed by atoms with Crippen molar-refractivity contribution in [1.82, 2.24) is 20.9 Å². The maximum atomic E-state index is 14.1. The minimum atomic E-state index is -1.32. The topological polar surface area (TPSA) is 267 Å². The lowest BCUT2D eigenvalue weighted by Crippen LogP contribution is -2.48. The monoisotopic (exact) mass is 926 g/mol. The third-order valence-electron chi connectivity index (χ3n) is 11.6. The SMILES string of the molecule is CCC(C)[C@H](CC(=O)[C@H](CCC(=O)O)NC(=O)[C@H](CCCCNC(=O)CCc1cccnc1)CC(=O)Cc1ccc(NC(=O)Nc2ccccc2C)cc1)C(=O)N[C@@H](CCCC(=O)O)C(C)=O. The van der Waals surface area contributed by atoms with Crippen molar-refractivity contribution in [3.63, 3.8) is 0 Å². The van der Waals surface area contributed by atoms with Crippen LogP contribution in [0.2, 0.25) is 0 Å². The fraction of sp³-hybridized carbons (Fsp3) is 0.480. The highest BCUT2D eigenvalue weighted by atomic mass is 16.4. The molecule has 0 aliphatic rings. The van der Waals surface area contributed by atoms with Gasteiger partial charge in [-0.1, -0.05) is 63.1 Å². The van der Waals surface area contributed by atoms with Crippen LogP contribution < -0.4 is 26.6 Å². The number of nitrogens with one attached hydrogen (secondary N) is 5. The van der Waals surface area contributed by atoms with Crippen molar-refractivity contribution in [2.75, 3.05) is 17.2 Å². The lowest BCUT2D eigenvalue weighted by atomic mass is 9.84. The van der Waals surface area contributed by atoms with Crippen molar-refractivity contribution < 1.29 is 53.4 Å². The van der Waals surface area contributed by atoms with Gasteiger partial charge in [0.15, 0.2) is 11.6 Å². The van der Waals surface area contributed by atoms with Crippen LogP contribution >= 0.6 is 0 Å². The maximum Gasteiger partial charge on any atom is 0.323 e. The van der Waals surface area contributed by atoms with E-state index in [0.717, 1.165) is 11.1 Å². The molecule has 0 bridgehead atoms. The first kappa shape index (κ1) is 54.6.